The molecule has 3 atom stereocenters. The van der Waals surface area contributed by atoms with E-state index in [1.165, 1.54) is 0 Å². The Labute approximate surface area is 138 Å². The second-order valence-electron chi connectivity index (χ2n) is 6.04. The molecule has 2 N–H and O–H groups in total. The average molecular weight is 332 g/mol. The highest BCUT2D eigenvalue weighted by molar-refractivity contribution is 7.10. The number of aryl methyl sites for hydroxylation is 1. The maximum Gasteiger partial charge on any atom is 0.230 e. The quantitative estimate of drug-likeness (QED) is 0.916. The van der Waals surface area contributed by atoms with E-state index in [1.54, 1.807) is 27.1 Å². The minimum absolute atomic E-state index is 0.0464. The van der Waals surface area contributed by atoms with Gasteiger partial charge in [0.15, 0.2) is 0 Å². The monoisotopic (exact) mass is 332 g/mol. The Hall–Kier alpha value is -2.15. The zero-order valence-corrected chi connectivity index (χ0v) is 14.0. The molecule has 1 aliphatic heterocycles. The number of likely N-dealkylation sites (tertiary alicyclic amines) is 1. The van der Waals surface area contributed by atoms with E-state index in [1.807, 2.05) is 37.7 Å². The standard InChI is InChI=1S/C16H20N4O2S/c1-10(14-4-3-5-23-14)16(22)20-8-12(13(9-20)15(17)21)11-6-18-19(2)7-11/h3-7,10,12-13H,8-9H2,1-2H3,(H2,17,21)/t10?,12-,13+/m1/s1. The van der Waals surface area contributed by atoms with Crippen molar-refractivity contribution in [3.05, 3.63) is 40.3 Å². The number of nitrogens with zero attached hydrogens (tertiary/aromatic N) is 3. The highest BCUT2D eigenvalue weighted by atomic mass is 32.1. The number of amides is 2. The molecule has 3 rings (SSSR count). The van der Waals surface area contributed by atoms with Gasteiger partial charge in [0.05, 0.1) is 18.0 Å². The number of hydrogen-bond donors (Lipinski definition) is 1. The Morgan fingerprint density at radius 1 is 1.43 bits per heavy atom. The van der Waals surface area contributed by atoms with Gasteiger partial charge >= 0.3 is 0 Å². The van der Waals surface area contributed by atoms with Crippen LogP contribution in [-0.4, -0.2) is 39.6 Å². The molecule has 3 heterocycles. The Bertz CT molecular complexity index is 709. The third-order valence-corrected chi connectivity index (χ3v) is 5.55. The molecule has 1 aliphatic rings. The lowest BCUT2D eigenvalue weighted by atomic mass is 9.90. The van der Waals surface area contributed by atoms with Crippen molar-refractivity contribution in [3.63, 3.8) is 0 Å². The highest BCUT2D eigenvalue weighted by Gasteiger charge is 2.41. The van der Waals surface area contributed by atoms with Gasteiger partial charge in [-0.2, -0.15) is 5.10 Å². The Morgan fingerprint density at radius 2 is 2.22 bits per heavy atom. The number of primary amides is 1. The van der Waals surface area contributed by atoms with E-state index in [-0.39, 0.29) is 29.6 Å². The Kier molecular flexibility index (Phi) is 4.21. The summed E-state index contributed by atoms with van der Waals surface area (Å²) in [6.07, 6.45) is 3.63. The molecular weight excluding hydrogens is 312 g/mol. The van der Waals surface area contributed by atoms with Crippen molar-refractivity contribution >= 4 is 23.2 Å². The van der Waals surface area contributed by atoms with Crippen LogP contribution >= 0.6 is 11.3 Å². The van der Waals surface area contributed by atoms with Crippen LogP contribution in [0.5, 0.6) is 0 Å². The zero-order valence-electron chi connectivity index (χ0n) is 13.2. The highest BCUT2D eigenvalue weighted by Crippen LogP contribution is 2.34. The molecule has 1 saturated heterocycles. The first-order valence-electron chi connectivity index (χ1n) is 7.57. The van der Waals surface area contributed by atoms with Crippen molar-refractivity contribution in [2.45, 2.75) is 18.8 Å². The lowest BCUT2D eigenvalue weighted by Gasteiger charge is -2.20. The fourth-order valence-electron chi connectivity index (χ4n) is 3.17. The normalized spacial score (nSPS) is 22.3. The van der Waals surface area contributed by atoms with Crippen molar-refractivity contribution in [2.24, 2.45) is 18.7 Å². The summed E-state index contributed by atoms with van der Waals surface area (Å²) in [6, 6.07) is 3.91. The van der Waals surface area contributed by atoms with Gasteiger partial charge in [-0.25, -0.2) is 0 Å². The topological polar surface area (TPSA) is 81.2 Å². The molecule has 0 radical (unpaired) electrons. The van der Waals surface area contributed by atoms with Crippen molar-refractivity contribution in [3.8, 4) is 0 Å². The van der Waals surface area contributed by atoms with Gasteiger partial charge in [-0.1, -0.05) is 6.07 Å². The van der Waals surface area contributed by atoms with Crippen molar-refractivity contribution < 1.29 is 9.59 Å². The summed E-state index contributed by atoms with van der Waals surface area (Å²) >= 11 is 1.57. The smallest absolute Gasteiger partial charge is 0.230 e. The van der Waals surface area contributed by atoms with Crippen LogP contribution in [0, 0.1) is 5.92 Å². The van der Waals surface area contributed by atoms with E-state index in [4.69, 9.17) is 5.73 Å². The molecule has 0 bridgehead atoms. The molecule has 23 heavy (non-hydrogen) atoms. The van der Waals surface area contributed by atoms with E-state index in [0.717, 1.165) is 10.4 Å². The molecule has 1 fully saturated rings. The number of rotatable bonds is 4. The number of aromatic nitrogens is 2. The Balaban J connectivity index is 1.80. The third-order valence-electron chi connectivity index (χ3n) is 4.49. The molecule has 0 aromatic carbocycles. The number of hydrogen-bond acceptors (Lipinski definition) is 4. The van der Waals surface area contributed by atoms with E-state index in [9.17, 15) is 9.59 Å². The van der Waals surface area contributed by atoms with E-state index < -0.39 is 0 Å². The zero-order chi connectivity index (χ0) is 16.6. The van der Waals surface area contributed by atoms with Gasteiger partial charge in [-0.15, -0.1) is 11.3 Å². The lowest BCUT2D eigenvalue weighted by Crippen LogP contribution is -2.34. The third kappa shape index (κ3) is 3.01. The molecular formula is C16H20N4O2S. The van der Waals surface area contributed by atoms with Crippen LogP contribution in [0.2, 0.25) is 0 Å². The summed E-state index contributed by atoms with van der Waals surface area (Å²) in [7, 11) is 1.83. The molecule has 1 unspecified atom stereocenters. The molecule has 0 spiro atoms. The average Bonchev–Trinajstić information content (AvgIpc) is 3.24. The minimum atomic E-state index is -0.363. The molecule has 122 valence electrons. The Morgan fingerprint density at radius 3 is 2.78 bits per heavy atom. The minimum Gasteiger partial charge on any atom is -0.369 e. The fourth-order valence-corrected chi connectivity index (χ4v) is 3.95. The van der Waals surface area contributed by atoms with E-state index in [2.05, 4.69) is 5.10 Å². The van der Waals surface area contributed by atoms with Crippen LogP contribution in [0.25, 0.3) is 0 Å². The van der Waals surface area contributed by atoms with Crippen LogP contribution in [-0.2, 0) is 16.6 Å². The maximum atomic E-state index is 12.8. The van der Waals surface area contributed by atoms with Gasteiger partial charge in [0.2, 0.25) is 11.8 Å². The SMILES string of the molecule is CC(C(=O)N1C[C@H](C(N)=O)[C@@H](c2cnn(C)c2)C1)c1cccs1. The van der Waals surface area contributed by atoms with Gasteiger partial charge in [0.1, 0.15) is 0 Å². The number of nitrogens with two attached hydrogens (primary N) is 1. The molecule has 0 aliphatic carbocycles. The first-order valence-corrected chi connectivity index (χ1v) is 8.45. The molecule has 2 amide bonds. The van der Waals surface area contributed by atoms with Crippen molar-refractivity contribution in [1.29, 1.82) is 0 Å². The number of carbonyl (C=O) groups is 2. The maximum absolute atomic E-state index is 12.8. The van der Waals surface area contributed by atoms with Crippen LogP contribution in [0.1, 0.15) is 29.2 Å². The predicted octanol–water partition coefficient (Wildman–Crippen LogP) is 1.31. The summed E-state index contributed by atoms with van der Waals surface area (Å²) in [5.41, 5.74) is 6.52. The molecule has 6 nitrogen and oxygen atoms in total. The van der Waals surface area contributed by atoms with Crippen molar-refractivity contribution in [1.82, 2.24) is 14.7 Å². The summed E-state index contributed by atoms with van der Waals surface area (Å²) in [5, 5.41) is 6.13. The largest absolute Gasteiger partial charge is 0.369 e. The number of carbonyl (C=O) groups excluding carboxylic acids is 2. The van der Waals surface area contributed by atoms with Crippen LogP contribution in [0.3, 0.4) is 0 Å². The number of thiophene rings is 1. The second kappa shape index (κ2) is 6.16. The second-order valence-corrected chi connectivity index (χ2v) is 7.02. The van der Waals surface area contributed by atoms with Gasteiger partial charge < -0.3 is 10.6 Å². The van der Waals surface area contributed by atoms with Crippen LogP contribution < -0.4 is 5.73 Å². The molecule has 0 saturated carbocycles. The first-order chi connectivity index (χ1) is 11.0. The van der Waals surface area contributed by atoms with Crippen LogP contribution in [0.15, 0.2) is 29.9 Å². The van der Waals surface area contributed by atoms with E-state index in [0.29, 0.717) is 13.1 Å². The summed E-state index contributed by atoms with van der Waals surface area (Å²) in [6.45, 7) is 2.79. The predicted molar refractivity (Wildman–Crippen MR) is 87.9 cm³/mol. The van der Waals surface area contributed by atoms with Gasteiger partial charge in [0, 0.05) is 37.1 Å². The van der Waals surface area contributed by atoms with Gasteiger partial charge in [0.25, 0.3) is 0 Å². The molecule has 7 heteroatoms. The van der Waals surface area contributed by atoms with E-state index >= 15 is 0 Å². The first kappa shape index (κ1) is 15.7. The summed E-state index contributed by atoms with van der Waals surface area (Å²) < 4.78 is 1.70. The fraction of sp³-hybridized carbons (Fsp3) is 0.438. The van der Waals surface area contributed by atoms with Gasteiger partial charge in [-0.3, -0.25) is 14.3 Å². The molecule has 2 aromatic heterocycles. The van der Waals surface area contributed by atoms with Gasteiger partial charge in [-0.05, 0) is 23.9 Å². The summed E-state index contributed by atoms with van der Waals surface area (Å²) in [4.78, 5) is 27.4. The molecule has 2 aromatic rings. The lowest BCUT2D eigenvalue weighted by molar-refractivity contribution is -0.131. The van der Waals surface area contributed by atoms with Crippen LogP contribution in [0.4, 0.5) is 0 Å². The van der Waals surface area contributed by atoms with Crippen molar-refractivity contribution in [2.75, 3.05) is 13.1 Å². The summed E-state index contributed by atoms with van der Waals surface area (Å²) in [5.74, 6) is -0.960.